The number of esters is 3. The molecule has 0 fully saturated rings. The second kappa shape index (κ2) is 31.5. The van der Waals surface area contributed by atoms with Gasteiger partial charge in [-0.05, 0) is 196 Å². The van der Waals surface area contributed by atoms with E-state index in [9.17, 15) is 14.4 Å². The van der Waals surface area contributed by atoms with Gasteiger partial charge >= 0.3 is 17.9 Å². The molecule has 0 bridgehead atoms. The predicted molar refractivity (Wildman–Crippen MR) is 293 cm³/mol. The Bertz CT molecular complexity index is 2910. The van der Waals surface area contributed by atoms with Crippen LogP contribution in [0.5, 0.6) is 23.0 Å². The number of carbonyl (C=O) groups is 3. The molecule has 0 unspecified atom stereocenters. The zero-order valence-electron chi connectivity index (χ0n) is 42.8. The Morgan fingerprint density at radius 2 is 0.770 bits per heavy atom. The number of hydrogen-bond acceptors (Lipinski definition) is 10. The molecule has 0 aromatic heterocycles. The highest BCUT2D eigenvalue weighted by Gasteiger charge is 2.15. The fraction of sp³-hybridized carbons (Fsp3) is 0.328. The highest BCUT2D eigenvalue weighted by molar-refractivity contribution is 5.93. The van der Waals surface area contributed by atoms with Gasteiger partial charge in [-0.3, -0.25) is 0 Å². The molecule has 0 aliphatic heterocycles. The number of hydrogen-bond donors (Lipinski definition) is 0. The molecule has 0 saturated carbocycles. The van der Waals surface area contributed by atoms with Crippen molar-refractivity contribution in [3.63, 3.8) is 0 Å². The molecule has 74 heavy (non-hydrogen) atoms. The zero-order valence-corrected chi connectivity index (χ0v) is 42.8. The van der Waals surface area contributed by atoms with E-state index in [1.807, 2.05) is 85.8 Å². The van der Waals surface area contributed by atoms with Crippen molar-refractivity contribution in [3.8, 4) is 46.7 Å². The molecule has 6 aromatic carbocycles. The minimum absolute atomic E-state index is 0.324. The van der Waals surface area contributed by atoms with Crippen LogP contribution in [0.2, 0.25) is 0 Å². The minimum Gasteiger partial charge on any atom is -0.494 e. The summed E-state index contributed by atoms with van der Waals surface area (Å²) in [5.74, 6) is 14.8. The Morgan fingerprint density at radius 1 is 0.392 bits per heavy atom. The SMILES string of the molecule is C=CC(=O)OCCCCCCOc1ccc2cc(C#Cc3ccc(OCCCCCCOc4ccc(C#Cc5ccc6cc(OCCCCCCOC(=O)C=C)ccc6c5)cc4C(=O)OCCC)cc3)ccc2c1. The van der Waals surface area contributed by atoms with Crippen LogP contribution in [-0.4, -0.2) is 64.2 Å². The van der Waals surface area contributed by atoms with Gasteiger partial charge in [0, 0.05) is 34.4 Å². The summed E-state index contributed by atoms with van der Waals surface area (Å²) in [6.45, 7) is 12.3. The van der Waals surface area contributed by atoms with Crippen LogP contribution in [-0.2, 0) is 23.8 Å². The van der Waals surface area contributed by atoms with Crippen molar-refractivity contribution >= 4 is 39.5 Å². The minimum atomic E-state index is -0.423. The van der Waals surface area contributed by atoms with E-state index in [1.54, 1.807) is 12.1 Å². The maximum atomic E-state index is 13.1. The Labute approximate surface area is 437 Å². The number of benzene rings is 6. The lowest BCUT2D eigenvalue weighted by atomic mass is 10.1. The highest BCUT2D eigenvalue weighted by Crippen LogP contribution is 2.26. The van der Waals surface area contributed by atoms with Crippen LogP contribution in [0.4, 0.5) is 0 Å². The first-order valence-corrected chi connectivity index (χ1v) is 25.9. The molecule has 0 aliphatic carbocycles. The van der Waals surface area contributed by atoms with Crippen LogP contribution in [0.3, 0.4) is 0 Å². The second-order valence-electron chi connectivity index (χ2n) is 17.7. The summed E-state index contributed by atoms with van der Waals surface area (Å²) < 4.78 is 39.7. The molecular formula is C64H68O10. The second-order valence-corrected chi connectivity index (χ2v) is 17.7. The largest absolute Gasteiger partial charge is 0.494 e. The maximum absolute atomic E-state index is 13.1. The van der Waals surface area contributed by atoms with Gasteiger partial charge in [-0.2, -0.15) is 0 Å². The average Bonchev–Trinajstić information content (AvgIpc) is 3.43. The van der Waals surface area contributed by atoms with E-state index >= 15 is 0 Å². The van der Waals surface area contributed by atoms with E-state index in [0.717, 1.165) is 139 Å². The van der Waals surface area contributed by atoms with Crippen LogP contribution in [0.25, 0.3) is 21.5 Å². The quantitative estimate of drug-likeness (QED) is 0.0142. The van der Waals surface area contributed by atoms with Crippen molar-refractivity contribution in [3.05, 3.63) is 168 Å². The molecule has 6 rings (SSSR count). The molecule has 0 radical (unpaired) electrons. The lowest BCUT2D eigenvalue weighted by Crippen LogP contribution is -2.10. The third kappa shape index (κ3) is 19.6. The fourth-order valence-electron chi connectivity index (χ4n) is 7.76. The average molecular weight is 997 g/mol. The zero-order chi connectivity index (χ0) is 52.0. The number of ether oxygens (including phenoxy) is 7. The Kier molecular flexibility index (Phi) is 23.6. The summed E-state index contributed by atoms with van der Waals surface area (Å²) in [7, 11) is 0. The normalized spacial score (nSPS) is 10.6. The van der Waals surface area contributed by atoms with Crippen LogP contribution in [0, 0.1) is 23.7 Å². The molecule has 384 valence electrons. The molecular weight excluding hydrogens is 929 g/mol. The van der Waals surface area contributed by atoms with Crippen molar-refractivity contribution < 1.29 is 47.5 Å². The molecule has 0 atom stereocenters. The fourth-order valence-corrected chi connectivity index (χ4v) is 7.76. The van der Waals surface area contributed by atoms with Crippen molar-refractivity contribution in [2.75, 3.05) is 46.2 Å². The van der Waals surface area contributed by atoms with Gasteiger partial charge < -0.3 is 33.2 Å². The smallest absolute Gasteiger partial charge is 0.341 e. The number of unbranched alkanes of at least 4 members (excludes halogenated alkanes) is 9. The monoisotopic (exact) mass is 996 g/mol. The van der Waals surface area contributed by atoms with E-state index in [-0.39, 0.29) is 11.9 Å². The van der Waals surface area contributed by atoms with Crippen LogP contribution in [0.15, 0.2) is 141 Å². The molecule has 0 amide bonds. The van der Waals surface area contributed by atoms with Crippen LogP contribution >= 0.6 is 0 Å². The van der Waals surface area contributed by atoms with Gasteiger partial charge in [0.05, 0.1) is 46.2 Å². The lowest BCUT2D eigenvalue weighted by Gasteiger charge is -2.12. The topological polar surface area (TPSA) is 116 Å². The number of fused-ring (bicyclic) bond motifs is 2. The van der Waals surface area contributed by atoms with Crippen LogP contribution in [0.1, 0.15) is 123 Å². The summed E-state index contributed by atoms with van der Waals surface area (Å²) in [4.78, 5) is 35.4. The first-order chi connectivity index (χ1) is 36.3. The first kappa shape index (κ1) is 55.4. The lowest BCUT2D eigenvalue weighted by molar-refractivity contribution is -0.138. The van der Waals surface area contributed by atoms with E-state index in [4.69, 9.17) is 33.2 Å². The van der Waals surface area contributed by atoms with Crippen molar-refractivity contribution in [1.29, 1.82) is 0 Å². The molecule has 0 spiro atoms. The maximum Gasteiger partial charge on any atom is 0.341 e. The summed E-state index contributed by atoms with van der Waals surface area (Å²) in [6.07, 6.45) is 14.2. The van der Waals surface area contributed by atoms with Gasteiger partial charge in [-0.1, -0.05) is 68.0 Å². The van der Waals surface area contributed by atoms with Gasteiger partial charge in [-0.15, -0.1) is 0 Å². The van der Waals surface area contributed by atoms with Gasteiger partial charge in [0.15, 0.2) is 0 Å². The van der Waals surface area contributed by atoms with E-state index < -0.39 is 5.97 Å². The van der Waals surface area contributed by atoms with Crippen molar-refractivity contribution in [2.24, 2.45) is 0 Å². The van der Waals surface area contributed by atoms with Crippen molar-refractivity contribution in [2.45, 2.75) is 90.4 Å². The van der Waals surface area contributed by atoms with E-state index in [1.165, 1.54) is 12.2 Å². The number of rotatable bonds is 30. The predicted octanol–water partition coefficient (Wildman–Crippen LogP) is 13.7. The molecule has 0 N–H and O–H groups in total. The summed E-state index contributed by atoms with van der Waals surface area (Å²) in [6, 6.07) is 37.7. The standard InChI is InChI=1S/C64H68O10/c1-4-37-74-64(67)60-46-52(22-21-51-24-29-56-48-59(35-31-54(56)45-51)70-40-15-9-12-18-43-73-63(66)6-3)27-36-61(60)71-41-16-10-7-13-38-68-57-32-25-49(26-33-57)19-20-50-23-28-55-47-58(34-30-53(55)44-50)69-39-14-8-11-17-42-72-62(65)5-2/h5-6,23-36,44-48H,2-4,7-18,37-43H2,1H3. The third-order valence-electron chi connectivity index (χ3n) is 11.8. The molecule has 0 saturated heterocycles. The van der Waals surface area contributed by atoms with Gasteiger partial charge in [0.1, 0.15) is 28.6 Å². The summed E-state index contributed by atoms with van der Waals surface area (Å²) in [5.41, 5.74) is 3.77. The summed E-state index contributed by atoms with van der Waals surface area (Å²) in [5, 5.41) is 4.31. The van der Waals surface area contributed by atoms with Gasteiger partial charge in [0.2, 0.25) is 0 Å². The molecule has 0 heterocycles. The van der Waals surface area contributed by atoms with Crippen molar-refractivity contribution in [1.82, 2.24) is 0 Å². The van der Waals surface area contributed by atoms with E-state index in [0.29, 0.717) is 63.1 Å². The molecule has 0 aliphatic rings. The number of carbonyl (C=O) groups excluding carboxylic acids is 3. The van der Waals surface area contributed by atoms with Gasteiger partial charge in [-0.25, -0.2) is 14.4 Å². The molecule has 6 aromatic rings. The van der Waals surface area contributed by atoms with Gasteiger partial charge in [0.25, 0.3) is 0 Å². The first-order valence-electron chi connectivity index (χ1n) is 25.9. The molecule has 10 nitrogen and oxygen atoms in total. The molecule has 10 heteroatoms. The highest BCUT2D eigenvalue weighted by atomic mass is 16.5. The Morgan fingerprint density at radius 3 is 1.26 bits per heavy atom. The summed E-state index contributed by atoms with van der Waals surface area (Å²) >= 11 is 0. The van der Waals surface area contributed by atoms with E-state index in [2.05, 4.69) is 61.1 Å². The van der Waals surface area contributed by atoms with Crippen LogP contribution < -0.4 is 18.9 Å². The Hall–Kier alpha value is -7.95. The Balaban J connectivity index is 0.878. The third-order valence-corrected chi connectivity index (χ3v) is 11.8.